The number of carbonyl (C=O) groups is 2. The van der Waals surface area contributed by atoms with E-state index in [1.54, 1.807) is 25.3 Å². The van der Waals surface area contributed by atoms with E-state index < -0.39 is 28.5 Å². The maximum atomic E-state index is 12.6. The van der Waals surface area contributed by atoms with Gasteiger partial charge in [0.05, 0.1) is 21.0 Å². The second-order valence-corrected chi connectivity index (χ2v) is 8.89. The van der Waals surface area contributed by atoms with Gasteiger partial charge in [-0.2, -0.15) is 9.57 Å². The molecule has 0 aliphatic rings. The number of sulfonamides is 1. The van der Waals surface area contributed by atoms with E-state index in [0.717, 1.165) is 17.4 Å². The Kier molecular flexibility index (Phi) is 7.75. The summed E-state index contributed by atoms with van der Waals surface area (Å²) in [5.41, 5.74) is 0.133. The van der Waals surface area contributed by atoms with Crippen molar-refractivity contribution in [1.29, 1.82) is 5.26 Å². The Bertz CT molecular complexity index is 1060. The largest absolute Gasteiger partial charge is 0.452 e. The van der Waals surface area contributed by atoms with Crippen molar-refractivity contribution in [2.75, 3.05) is 25.0 Å². The van der Waals surface area contributed by atoms with E-state index in [1.165, 1.54) is 16.4 Å². The predicted octanol–water partition coefficient (Wildman–Crippen LogP) is 3.10. The number of hydrogen-bond donors (Lipinski definition) is 1. The molecule has 8 nitrogen and oxygen atoms in total. The van der Waals surface area contributed by atoms with Crippen LogP contribution in [0.1, 0.15) is 29.8 Å². The van der Waals surface area contributed by atoms with Crippen molar-refractivity contribution in [2.45, 2.75) is 18.7 Å². The molecule has 1 amide bonds. The van der Waals surface area contributed by atoms with E-state index >= 15 is 0 Å². The number of anilines is 1. The number of nitriles is 1. The molecule has 0 saturated heterocycles. The van der Waals surface area contributed by atoms with Crippen molar-refractivity contribution < 1.29 is 22.7 Å². The van der Waals surface area contributed by atoms with Gasteiger partial charge in [-0.05, 0) is 29.6 Å². The van der Waals surface area contributed by atoms with Crippen LogP contribution in [0.2, 0.25) is 5.02 Å². The summed E-state index contributed by atoms with van der Waals surface area (Å²) in [4.78, 5) is 24.2. The number of carbonyl (C=O) groups excluding carboxylic acids is 2. The molecule has 0 saturated carbocycles. The maximum Gasteiger partial charge on any atom is 0.340 e. The Morgan fingerprint density at radius 1 is 1.28 bits per heavy atom. The Hall–Kier alpha value is -2.45. The van der Waals surface area contributed by atoms with Crippen LogP contribution in [-0.2, 0) is 19.6 Å². The minimum atomic E-state index is -3.79. The van der Waals surface area contributed by atoms with Gasteiger partial charge >= 0.3 is 5.97 Å². The fraction of sp³-hybridized carbons (Fsp3) is 0.278. The molecule has 1 N–H and O–H groups in total. The van der Waals surface area contributed by atoms with Crippen LogP contribution in [0.5, 0.6) is 0 Å². The molecule has 29 heavy (non-hydrogen) atoms. The van der Waals surface area contributed by atoms with Crippen LogP contribution >= 0.6 is 22.9 Å². The van der Waals surface area contributed by atoms with Gasteiger partial charge in [0, 0.05) is 13.1 Å². The van der Waals surface area contributed by atoms with Gasteiger partial charge in [-0.1, -0.05) is 25.4 Å². The summed E-state index contributed by atoms with van der Waals surface area (Å²) < 4.78 is 31.4. The SMILES string of the molecule is CCN(CC)S(=O)(=O)c1ccc(Cl)c(C(=O)OCC(=O)Nc2sccc2C#N)c1. The Labute approximate surface area is 177 Å². The predicted molar refractivity (Wildman–Crippen MR) is 110 cm³/mol. The highest BCUT2D eigenvalue weighted by atomic mass is 35.5. The lowest BCUT2D eigenvalue weighted by Crippen LogP contribution is -2.30. The summed E-state index contributed by atoms with van der Waals surface area (Å²) in [6.45, 7) is 3.33. The van der Waals surface area contributed by atoms with Crippen molar-refractivity contribution in [3.05, 3.63) is 45.8 Å². The maximum absolute atomic E-state index is 12.6. The number of hydrogen-bond acceptors (Lipinski definition) is 7. The normalized spacial score (nSPS) is 11.1. The monoisotopic (exact) mass is 455 g/mol. The number of ether oxygens (including phenoxy) is 1. The molecule has 0 atom stereocenters. The van der Waals surface area contributed by atoms with Gasteiger partial charge < -0.3 is 10.1 Å². The number of thiophene rings is 1. The van der Waals surface area contributed by atoms with Gasteiger partial charge in [-0.15, -0.1) is 11.3 Å². The molecule has 1 heterocycles. The smallest absolute Gasteiger partial charge is 0.340 e. The zero-order chi connectivity index (χ0) is 21.6. The van der Waals surface area contributed by atoms with Crippen molar-refractivity contribution in [1.82, 2.24) is 4.31 Å². The fourth-order valence-electron chi connectivity index (χ4n) is 2.40. The molecular formula is C18H18ClN3O5S2. The molecule has 154 valence electrons. The molecule has 11 heteroatoms. The summed E-state index contributed by atoms with van der Waals surface area (Å²) in [5, 5.41) is 13.4. The van der Waals surface area contributed by atoms with Crippen LogP contribution in [0.3, 0.4) is 0 Å². The molecule has 0 aliphatic carbocycles. The molecule has 2 rings (SSSR count). The van der Waals surface area contributed by atoms with E-state index in [9.17, 15) is 18.0 Å². The van der Waals surface area contributed by atoms with Gasteiger partial charge in [0.2, 0.25) is 10.0 Å². The number of benzene rings is 1. The minimum absolute atomic E-state index is 0.000992. The molecule has 0 bridgehead atoms. The first kappa shape index (κ1) is 22.8. The van der Waals surface area contributed by atoms with Gasteiger partial charge in [-0.3, -0.25) is 4.79 Å². The molecule has 0 aliphatic heterocycles. The first-order valence-corrected chi connectivity index (χ1v) is 11.2. The first-order valence-electron chi connectivity index (χ1n) is 8.48. The Morgan fingerprint density at radius 3 is 2.59 bits per heavy atom. The Balaban J connectivity index is 2.13. The third-order valence-corrected chi connectivity index (χ3v) is 7.08. The van der Waals surface area contributed by atoms with Crippen molar-refractivity contribution in [3.8, 4) is 6.07 Å². The van der Waals surface area contributed by atoms with Crippen LogP contribution in [-0.4, -0.2) is 44.3 Å². The molecule has 0 fully saturated rings. The van der Waals surface area contributed by atoms with Crippen LogP contribution in [0.4, 0.5) is 5.00 Å². The molecule has 0 spiro atoms. The van der Waals surface area contributed by atoms with Crippen LogP contribution < -0.4 is 5.32 Å². The third-order valence-electron chi connectivity index (χ3n) is 3.87. The van der Waals surface area contributed by atoms with E-state index in [-0.39, 0.29) is 28.6 Å². The summed E-state index contributed by atoms with van der Waals surface area (Å²) in [6, 6.07) is 7.20. The van der Waals surface area contributed by atoms with Crippen molar-refractivity contribution >= 4 is 49.8 Å². The van der Waals surface area contributed by atoms with Gasteiger partial charge in [0.15, 0.2) is 6.61 Å². The summed E-state index contributed by atoms with van der Waals surface area (Å²) >= 11 is 7.17. The molecule has 1 aromatic heterocycles. The average Bonchev–Trinajstić information content (AvgIpc) is 3.14. The standard InChI is InChI=1S/C18H18ClN3O5S2/c1-3-22(4-2)29(25,26)13-5-6-15(19)14(9-13)18(24)27-11-16(23)21-17-12(10-20)7-8-28-17/h5-9H,3-4,11H2,1-2H3,(H,21,23). The van der Waals surface area contributed by atoms with E-state index in [1.807, 2.05) is 6.07 Å². The van der Waals surface area contributed by atoms with E-state index in [0.29, 0.717) is 10.6 Å². The van der Waals surface area contributed by atoms with Crippen LogP contribution in [0.15, 0.2) is 34.5 Å². The lowest BCUT2D eigenvalue weighted by Gasteiger charge is -2.19. The number of amides is 1. The van der Waals surface area contributed by atoms with Crippen LogP contribution in [0, 0.1) is 11.3 Å². The molecule has 2 aromatic rings. The van der Waals surface area contributed by atoms with Gasteiger partial charge in [0.25, 0.3) is 5.91 Å². The molecular weight excluding hydrogens is 438 g/mol. The molecule has 0 unspecified atom stereocenters. The highest BCUT2D eigenvalue weighted by Crippen LogP contribution is 2.24. The average molecular weight is 456 g/mol. The minimum Gasteiger partial charge on any atom is -0.452 e. The van der Waals surface area contributed by atoms with Gasteiger partial charge in [-0.25, -0.2) is 13.2 Å². The summed E-state index contributed by atoms with van der Waals surface area (Å²) in [7, 11) is -3.79. The second-order valence-electron chi connectivity index (χ2n) is 5.63. The number of halogens is 1. The summed E-state index contributed by atoms with van der Waals surface area (Å²) in [5.74, 6) is -1.58. The van der Waals surface area contributed by atoms with Crippen LogP contribution in [0.25, 0.3) is 0 Å². The Morgan fingerprint density at radius 2 is 1.97 bits per heavy atom. The number of rotatable bonds is 8. The number of esters is 1. The number of nitrogens with zero attached hydrogens (tertiary/aromatic N) is 2. The lowest BCUT2D eigenvalue weighted by atomic mass is 10.2. The molecule has 0 radical (unpaired) electrons. The number of nitrogens with one attached hydrogen (secondary N) is 1. The first-order chi connectivity index (χ1) is 13.7. The van der Waals surface area contributed by atoms with E-state index in [2.05, 4.69) is 5.32 Å². The highest BCUT2D eigenvalue weighted by molar-refractivity contribution is 7.89. The molecule has 1 aromatic carbocycles. The topological polar surface area (TPSA) is 117 Å². The second kappa shape index (κ2) is 9.84. The van der Waals surface area contributed by atoms with Gasteiger partial charge in [0.1, 0.15) is 11.1 Å². The lowest BCUT2D eigenvalue weighted by molar-refractivity contribution is -0.119. The van der Waals surface area contributed by atoms with E-state index in [4.69, 9.17) is 21.6 Å². The summed E-state index contributed by atoms with van der Waals surface area (Å²) in [6.07, 6.45) is 0. The zero-order valence-corrected chi connectivity index (χ0v) is 18.0. The van der Waals surface area contributed by atoms with Crippen molar-refractivity contribution in [2.24, 2.45) is 0 Å². The zero-order valence-electron chi connectivity index (χ0n) is 15.6. The highest BCUT2D eigenvalue weighted by Gasteiger charge is 2.24. The van der Waals surface area contributed by atoms with Crippen molar-refractivity contribution in [3.63, 3.8) is 0 Å². The quantitative estimate of drug-likeness (QED) is 0.611. The third kappa shape index (κ3) is 5.33. The fourth-order valence-corrected chi connectivity index (χ4v) is 4.83.